The third-order valence-corrected chi connectivity index (χ3v) is 5.02. The summed E-state index contributed by atoms with van der Waals surface area (Å²) < 4.78 is 12.5. The van der Waals surface area contributed by atoms with Gasteiger partial charge in [-0.2, -0.15) is 5.10 Å². The summed E-state index contributed by atoms with van der Waals surface area (Å²) >= 11 is 0. The summed E-state index contributed by atoms with van der Waals surface area (Å²) in [5, 5.41) is 4.42. The molecule has 4 heterocycles. The van der Waals surface area contributed by atoms with Crippen LogP contribution in [0.2, 0.25) is 0 Å². The van der Waals surface area contributed by atoms with E-state index >= 15 is 0 Å². The van der Waals surface area contributed by atoms with Gasteiger partial charge < -0.3 is 19.0 Å². The van der Waals surface area contributed by atoms with E-state index in [1.807, 2.05) is 14.0 Å². The second-order valence-electron chi connectivity index (χ2n) is 6.79. The second kappa shape index (κ2) is 6.28. The maximum atomic E-state index is 12.9. The van der Waals surface area contributed by atoms with Crippen molar-refractivity contribution in [2.75, 3.05) is 26.3 Å². The first-order valence-electron chi connectivity index (χ1n) is 8.73. The van der Waals surface area contributed by atoms with Gasteiger partial charge in [0.2, 0.25) is 0 Å². The summed E-state index contributed by atoms with van der Waals surface area (Å²) in [6.45, 7) is 6.67. The molecule has 0 radical (unpaired) electrons. The molecule has 0 spiro atoms. The normalized spacial score (nSPS) is 16.9. The lowest BCUT2D eigenvalue weighted by Gasteiger charge is -2.26. The number of aromatic nitrogens is 2. The third kappa shape index (κ3) is 2.70. The summed E-state index contributed by atoms with van der Waals surface area (Å²) in [4.78, 5) is 29.2. The van der Waals surface area contributed by atoms with E-state index in [0.29, 0.717) is 62.2 Å². The standard InChI is InChI=1S/C18H22N4O4/c1-11-8-13(12(2)26-11)17(23)22-9-14-15(10-22)20(3)19-16(14)18(24)21-4-6-25-7-5-21/h8H,4-7,9-10H2,1-3H3. The van der Waals surface area contributed by atoms with E-state index in [1.54, 1.807) is 27.5 Å². The van der Waals surface area contributed by atoms with E-state index in [4.69, 9.17) is 9.15 Å². The molecule has 0 aliphatic carbocycles. The highest BCUT2D eigenvalue weighted by molar-refractivity contribution is 5.97. The number of hydrogen-bond acceptors (Lipinski definition) is 5. The van der Waals surface area contributed by atoms with Crippen LogP contribution >= 0.6 is 0 Å². The minimum atomic E-state index is -0.0882. The number of rotatable bonds is 2. The molecule has 0 unspecified atom stereocenters. The monoisotopic (exact) mass is 358 g/mol. The molecule has 138 valence electrons. The Bertz CT molecular complexity index is 876. The Balaban J connectivity index is 1.58. The number of aryl methyl sites for hydroxylation is 3. The van der Waals surface area contributed by atoms with Crippen LogP contribution in [0.15, 0.2) is 10.5 Å². The minimum absolute atomic E-state index is 0.0830. The fraction of sp³-hybridized carbons (Fsp3) is 0.500. The van der Waals surface area contributed by atoms with Crippen LogP contribution in [0.5, 0.6) is 0 Å². The zero-order chi connectivity index (χ0) is 18.4. The van der Waals surface area contributed by atoms with E-state index < -0.39 is 0 Å². The van der Waals surface area contributed by atoms with Gasteiger partial charge in [0.05, 0.1) is 37.6 Å². The van der Waals surface area contributed by atoms with Crippen molar-refractivity contribution < 1.29 is 18.7 Å². The highest BCUT2D eigenvalue weighted by atomic mass is 16.5. The molecule has 1 saturated heterocycles. The Morgan fingerprint density at radius 1 is 1.08 bits per heavy atom. The highest BCUT2D eigenvalue weighted by Crippen LogP contribution is 2.29. The fourth-order valence-corrected chi connectivity index (χ4v) is 3.64. The molecule has 0 aromatic carbocycles. The van der Waals surface area contributed by atoms with Gasteiger partial charge in [-0.3, -0.25) is 14.3 Å². The summed E-state index contributed by atoms with van der Waals surface area (Å²) in [5.41, 5.74) is 2.77. The van der Waals surface area contributed by atoms with Crippen LogP contribution in [0.3, 0.4) is 0 Å². The van der Waals surface area contributed by atoms with Crippen LogP contribution in [-0.2, 0) is 24.9 Å². The minimum Gasteiger partial charge on any atom is -0.466 e. The molecule has 8 heteroatoms. The molecule has 8 nitrogen and oxygen atoms in total. The SMILES string of the molecule is Cc1cc(C(=O)N2Cc3c(C(=O)N4CCOCC4)nn(C)c3C2)c(C)o1. The van der Waals surface area contributed by atoms with Gasteiger partial charge in [0.25, 0.3) is 11.8 Å². The zero-order valence-electron chi connectivity index (χ0n) is 15.2. The van der Waals surface area contributed by atoms with Crippen molar-refractivity contribution in [3.05, 3.63) is 40.1 Å². The highest BCUT2D eigenvalue weighted by Gasteiger charge is 2.35. The first-order chi connectivity index (χ1) is 12.5. The lowest BCUT2D eigenvalue weighted by Crippen LogP contribution is -2.41. The molecule has 2 aromatic rings. The van der Waals surface area contributed by atoms with Gasteiger partial charge in [0, 0.05) is 25.7 Å². The van der Waals surface area contributed by atoms with Crippen LogP contribution in [0.4, 0.5) is 0 Å². The Morgan fingerprint density at radius 3 is 2.46 bits per heavy atom. The molecule has 2 aliphatic rings. The molecule has 1 fully saturated rings. The first-order valence-corrected chi connectivity index (χ1v) is 8.73. The number of amides is 2. The maximum absolute atomic E-state index is 12.9. The number of furan rings is 1. The molecule has 26 heavy (non-hydrogen) atoms. The number of nitrogens with zero attached hydrogens (tertiary/aromatic N) is 4. The second-order valence-corrected chi connectivity index (χ2v) is 6.79. The van der Waals surface area contributed by atoms with Crippen LogP contribution in [-0.4, -0.2) is 57.7 Å². The van der Waals surface area contributed by atoms with Gasteiger partial charge in [-0.15, -0.1) is 0 Å². The molecule has 0 saturated carbocycles. The van der Waals surface area contributed by atoms with Gasteiger partial charge in [0.15, 0.2) is 5.69 Å². The summed E-state index contributed by atoms with van der Waals surface area (Å²) in [6, 6.07) is 1.76. The Kier molecular flexibility index (Phi) is 4.07. The van der Waals surface area contributed by atoms with Crippen molar-refractivity contribution in [3.8, 4) is 0 Å². The average Bonchev–Trinajstić information content (AvgIpc) is 3.29. The Morgan fingerprint density at radius 2 is 1.81 bits per heavy atom. The Hall–Kier alpha value is -2.61. The van der Waals surface area contributed by atoms with Gasteiger partial charge in [-0.1, -0.05) is 0 Å². The van der Waals surface area contributed by atoms with E-state index in [9.17, 15) is 9.59 Å². The largest absolute Gasteiger partial charge is 0.466 e. The van der Waals surface area contributed by atoms with Gasteiger partial charge in [0.1, 0.15) is 11.5 Å². The van der Waals surface area contributed by atoms with Crippen LogP contribution < -0.4 is 0 Å². The number of ether oxygens (including phenoxy) is 1. The van der Waals surface area contributed by atoms with Crippen molar-refractivity contribution in [1.82, 2.24) is 19.6 Å². The van der Waals surface area contributed by atoms with Crippen LogP contribution in [0, 0.1) is 13.8 Å². The molecule has 2 amide bonds. The molecule has 0 bridgehead atoms. The number of carbonyl (C=O) groups is 2. The summed E-state index contributed by atoms with van der Waals surface area (Å²) in [7, 11) is 1.82. The third-order valence-electron chi connectivity index (χ3n) is 5.02. The molecule has 4 rings (SSSR count). The van der Waals surface area contributed by atoms with Crippen LogP contribution in [0.1, 0.15) is 43.6 Å². The van der Waals surface area contributed by atoms with Crippen molar-refractivity contribution >= 4 is 11.8 Å². The van der Waals surface area contributed by atoms with Crippen molar-refractivity contribution in [3.63, 3.8) is 0 Å². The molecule has 0 N–H and O–H groups in total. The van der Waals surface area contributed by atoms with Gasteiger partial charge in [-0.05, 0) is 19.9 Å². The van der Waals surface area contributed by atoms with Crippen molar-refractivity contribution in [1.29, 1.82) is 0 Å². The number of morpholine rings is 1. The fourth-order valence-electron chi connectivity index (χ4n) is 3.64. The predicted octanol–water partition coefficient (Wildman–Crippen LogP) is 1.26. The smallest absolute Gasteiger partial charge is 0.274 e. The topological polar surface area (TPSA) is 80.8 Å². The van der Waals surface area contributed by atoms with Crippen LogP contribution in [0.25, 0.3) is 0 Å². The predicted molar refractivity (Wildman–Crippen MR) is 91.7 cm³/mol. The quantitative estimate of drug-likeness (QED) is 0.807. The average molecular weight is 358 g/mol. The van der Waals surface area contributed by atoms with E-state index in [0.717, 1.165) is 11.3 Å². The molecule has 2 aliphatic heterocycles. The molecular weight excluding hydrogens is 336 g/mol. The zero-order valence-corrected chi connectivity index (χ0v) is 15.2. The van der Waals surface area contributed by atoms with E-state index in [1.165, 1.54) is 0 Å². The van der Waals surface area contributed by atoms with Crippen molar-refractivity contribution in [2.45, 2.75) is 26.9 Å². The summed E-state index contributed by atoms with van der Waals surface area (Å²) in [6.07, 6.45) is 0. The maximum Gasteiger partial charge on any atom is 0.274 e. The summed E-state index contributed by atoms with van der Waals surface area (Å²) in [5.74, 6) is 1.16. The Labute approximate surface area is 151 Å². The first kappa shape index (κ1) is 16.8. The molecule has 0 atom stereocenters. The lowest BCUT2D eigenvalue weighted by atomic mass is 10.2. The van der Waals surface area contributed by atoms with Crippen molar-refractivity contribution in [2.24, 2.45) is 7.05 Å². The van der Waals surface area contributed by atoms with E-state index in [-0.39, 0.29) is 11.8 Å². The number of carbonyl (C=O) groups excluding carboxylic acids is 2. The van der Waals surface area contributed by atoms with E-state index in [2.05, 4.69) is 5.10 Å². The van der Waals surface area contributed by atoms with Gasteiger partial charge in [-0.25, -0.2) is 0 Å². The number of fused-ring (bicyclic) bond motifs is 1. The molecule has 2 aromatic heterocycles. The lowest BCUT2D eigenvalue weighted by molar-refractivity contribution is 0.0297. The van der Waals surface area contributed by atoms with Gasteiger partial charge >= 0.3 is 0 Å². The molecular formula is C18H22N4O4. The number of hydrogen-bond donors (Lipinski definition) is 0.